The molecule has 9 heteroatoms. The van der Waals surface area contributed by atoms with E-state index in [1.165, 1.54) is 18.4 Å². The lowest BCUT2D eigenvalue weighted by Gasteiger charge is -2.34. The van der Waals surface area contributed by atoms with E-state index >= 15 is 0 Å². The average Bonchev–Trinajstić information content (AvgIpc) is 3.31. The average molecular weight is 506 g/mol. The molecule has 1 aromatic carbocycles. The molecule has 2 N–H and O–H groups in total. The number of rotatable bonds is 11. The number of esters is 1. The van der Waals surface area contributed by atoms with Gasteiger partial charge in [-0.2, -0.15) is 0 Å². The third-order valence-electron chi connectivity index (χ3n) is 6.02. The molecule has 0 saturated carbocycles. The number of anilines is 1. The standard InChI is InChI=1S/C25H32ClN3O4S/c1-33-25(32)19-7-4-5-8-20(19)29-15-12-18(13-16-29)17-28-23(30)9-3-2-6-14-27-24(31)21-10-11-22(26)34-21/h4-5,7-8,10-11,18H,2-3,6,9,12-17H2,1H3,(H,27,31)(H,28,30). The fourth-order valence-electron chi connectivity index (χ4n) is 4.07. The Labute approximate surface area is 209 Å². The summed E-state index contributed by atoms with van der Waals surface area (Å²) in [6, 6.07) is 11.0. The molecular weight excluding hydrogens is 474 g/mol. The van der Waals surface area contributed by atoms with Gasteiger partial charge in [0.2, 0.25) is 5.91 Å². The van der Waals surface area contributed by atoms with Crippen LogP contribution in [0.2, 0.25) is 4.34 Å². The number of piperidine rings is 1. The predicted octanol–water partition coefficient (Wildman–Crippen LogP) is 4.51. The molecule has 1 aliphatic rings. The summed E-state index contributed by atoms with van der Waals surface area (Å²) in [7, 11) is 1.40. The summed E-state index contributed by atoms with van der Waals surface area (Å²) >= 11 is 7.11. The molecule has 1 aromatic heterocycles. The number of amides is 2. The van der Waals surface area contributed by atoms with Crippen LogP contribution in [0.15, 0.2) is 36.4 Å². The fraction of sp³-hybridized carbons (Fsp3) is 0.480. The molecule has 2 heterocycles. The van der Waals surface area contributed by atoms with Crippen LogP contribution in [0.5, 0.6) is 0 Å². The van der Waals surface area contributed by atoms with Crippen LogP contribution in [0.4, 0.5) is 5.69 Å². The van der Waals surface area contributed by atoms with Gasteiger partial charge in [0.1, 0.15) is 0 Å². The lowest BCUT2D eigenvalue weighted by atomic mass is 9.95. The van der Waals surface area contributed by atoms with E-state index in [-0.39, 0.29) is 17.8 Å². The Hall–Kier alpha value is -2.58. The van der Waals surface area contributed by atoms with Crippen molar-refractivity contribution in [2.24, 2.45) is 5.92 Å². The first kappa shape index (κ1) is 26.0. The predicted molar refractivity (Wildman–Crippen MR) is 136 cm³/mol. The van der Waals surface area contributed by atoms with Crippen LogP contribution in [-0.2, 0) is 9.53 Å². The summed E-state index contributed by atoms with van der Waals surface area (Å²) in [6.07, 6.45) is 4.95. The van der Waals surface area contributed by atoms with Crippen LogP contribution >= 0.6 is 22.9 Å². The lowest BCUT2D eigenvalue weighted by molar-refractivity contribution is -0.121. The number of hydrogen-bond acceptors (Lipinski definition) is 6. The molecule has 1 aliphatic heterocycles. The zero-order valence-corrected chi connectivity index (χ0v) is 21.1. The molecule has 0 spiro atoms. The third kappa shape index (κ3) is 7.74. The van der Waals surface area contributed by atoms with E-state index in [0.29, 0.717) is 40.2 Å². The maximum atomic E-state index is 12.2. The minimum atomic E-state index is -0.320. The maximum Gasteiger partial charge on any atom is 0.339 e. The molecular formula is C25H32ClN3O4S. The Kier molecular flexibility index (Phi) is 10.2. The number of nitrogens with zero attached hydrogens (tertiary/aromatic N) is 1. The smallest absolute Gasteiger partial charge is 0.339 e. The molecule has 0 atom stereocenters. The number of thiophene rings is 1. The highest BCUT2D eigenvalue weighted by atomic mass is 35.5. The zero-order chi connectivity index (χ0) is 24.3. The van der Waals surface area contributed by atoms with Crippen LogP contribution in [0.3, 0.4) is 0 Å². The summed E-state index contributed by atoms with van der Waals surface area (Å²) in [5.41, 5.74) is 1.50. The van der Waals surface area contributed by atoms with Crippen LogP contribution in [0, 0.1) is 5.92 Å². The highest BCUT2D eigenvalue weighted by Crippen LogP contribution is 2.27. The number of para-hydroxylation sites is 1. The molecule has 0 bridgehead atoms. The van der Waals surface area contributed by atoms with Crippen LogP contribution < -0.4 is 15.5 Å². The molecule has 0 unspecified atom stereocenters. The number of methoxy groups -OCH3 is 1. The van der Waals surface area contributed by atoms with Crippen molar-refractivity contribution in [1.29, 1.82) is 0 Å². The Morgan fingerprint density at radius 2 is 1.82 bits per heavy atom. The van der Waals surface area contributed by atoms with Crippen molar-refractivity contribution in [2.45, 2.75) is 38.5 Å². The SMILES string of the molecule is COC(=O)c1ccccc1N1CCC(CNC(=O)CCCCCNC(=O)c2ccc(Cl)s2)CC1. The normalized spacial score (nSPS) is 14.0. The molecule has 184 valence electrons. The lowest BCUT2D eigenvalue weighted by Crippen LogP contribution is -2.39. The van der Waals surface area contributed by atoms with Crippen molar-refractivity contribution in [3.63, 3.8) is 0 Å². The number of unbranched alkanes of at least 4 members (excludes halogenated alkanes) is 2. The summed E-state index contributed by atoms with van der Waals surface area (Å²) in [5, 5.41) is 5.95. The summed E-state index contributed by atoms with van der Waals surface area (Å²) in [4.78, 5) is 39.0. The second-order valence-corrected chi connectivity index (χ2v) is 10.1. The van der Waals surface area contributed by atoms with Gasteiger partial charge in [0.25, 0.3) is 5.91 Å². The van der Waals surface area contributed by atoms with E-state index in [2.05, 4.69) is 15.5 Å². The molecule has 3 rings (SSSR count). The van der Waals surface area contributed by atoms with Crippen LogP contribution in [0.1, 0.15) is 58.6 Å². The summed E-state index contributed by atoms with van der Waals surface area (Å²) < 4.78 is 5.50. The number of carbonyl (C=O) groups excluding carboxylic acids is 3. The molecule has 7 nitrogen and oxygen atoms in total. The number of carbonyl (C=O) groups is 3. The quantitative estimate of drug-likeness (QED) is 0.346. The number of halogens is 1. The van der Waals surface area contributed by atoms with Gasteiger partial charge in [-0.05, 0) is 55.9 Å². The van der Waals surface area contributed by atoms with E-state index in [0.717, 1.165) is 50.9 Å². The topological polar surface area (TPSA) is 87.7 Å². The fourth-order valence-corrected chi connectivity index (χ4v) is 5.03. The second kappa shape index (κ2) is 13.3. The number of hydrogen-bond donors (Lipinski definition) is 2. The molecule has 2 aromatic rings. The van der Waals surface area contributed by atoms with Gasteiger partial charge in [-0.1, -0.05) is 30.2 Å². The van der Waals surface area contributed by atoms with Crippen LogP contribution in [-0.4, -0.2) is 51.1 Å². The zero-order valence-electron chi connectivity index (χ0n) is 19.5. The van der Waals surface area contributed by atoms with Crippen molar-refractivity contribution in [1.82, 2.24) is 10.6 Å². The van der Waals surface area contributed by atoms with E-state index < -0.39 is 0 Å². The van der Waals surface area contributed by atoms with Gasteiger partial charge in [0.15, 0.2) is 0 Å². The monoisotopic (exact) mass is 505 g/mol. The first-order chi connectivity index (χ1) is 16.5. The van der Waals surface area contributed by atoms with Gasteiger partial charge in [0.05, 0.1) is 27.6 Å². The van der Waals surface area contributed by atoms with Crippen molar-refractivity contribution in [2.75, 3.05) is 38.2 Å². The first-order valence-corrected chi connectivity index (χ1v) is 12.9. The summed E-state index contributed by atoms with van der Waals surface area (Å²) in [6.45, 7) is 2.97. The van der Waals surface area contributed by atoms with Crippen molar-refractivity contribution < 1.29 is 19.1 Å². The third-order valence-corrected chi connectivity index (χ3v) is 7.25. The molecule has 1 saturated heterocycles. The number of nitrogens with one attached hydrogen (secondary N) is 2. The molecule has 1 fully saturated rings. The van der Waals surface area contributed by atoms with Crippen molar-refractivity contribution >= 4 is 46.4 Å². The van der Waals surface area contributed by atoms with Crippen molar-refractivity contribution in [3.05, 3.63) is 51.2 Å². The van der Waals surface area contributed by atoms with Crippen molar-refractivity contribution in [3.8, 4) is 0 Å². The Morgan fingerprint density at radius 1 is 1.06 bits per heavy atom. The largest absolute Gasteiger partial charge is 0.465 e. The Bertz CT molecular complexity index is 973. The van der Waals surface area contributed by atoms with E-state index in [1.807, 2.05) is 18.2 Å². The first-order valence-electron chi connectivity index (χ1n) is 11.7. The maximum absolute atomic E-state index is 12.2. The number of ether oxygens (including phenoxy) is 1. The molecule has 2 amide bonds. The highest BCUT2D eigenvalue weighted by Gasteiger charge is 2.23. The van der Waals surface area contributed by atoms with E-state index in [1.54, 1.807) is 18.2 Å². The van der Waals surface area contributed by atoms with Crippen LogP contribution in [0.25, 0.3) is 0 Å². The second-order valence-electron chi connectivity index (χ2n) is 8.41. The number of benzene rings is 1. The molecule has 0 aliphatic carbocycles. The highest BCUT2D eigenvalue weighted by molar-refractivity contribution is 7.18. The minimum Gasteiger partial charge on any atom is -0.465 e. The van der Waals surface area contributed by atoms with Gasteiger partial charge in [-0.15, -0.1) is 11.3 Å². The van der Waals surface area contributed by atoms with Gasteiger partial charge in [0, 0.05) is 32.6 Å². The van der Waals surface area contributed by atoms with Gasteiger partial charge < -0.3 is 20.3 Å². The van der Waals surface area contributed by atoms with Gasteiger partial charge in [-0.3, -0.25) is 9.59 Å². The Balaban J connectivity index is 1.27. The summed E-state index contributed by atoms with van der Waals surface area (Å²) in [5.74, 6) is 0.0939. The molecule has 0 radical (unpaired) electrons. The minimum absolute atomic E-state index is 0.0794. The Morgan fingerprint density at radius 3 is 2.53 bits per heavy atom. The van der Waals surface area contributed by atoms with Gasteiger partial charge in [-0.25, -0.2) is 4.79 Å². The van der Waals surface area contributed by atoms with E-state index in [9.17, 15) is 14.4 Å². The molecule has 34 heavy (non-hydrogen) atoms. The van der Waals surface area contributed by atoms with E-state index in [4.69, 9.17) is 16.3 Å². The van der Waals surface area contributed by atoms with Gasteiger partial charge >= 0.3 is 5.97 Å².